The number of likely N-dealkylation sites (tertiary alicyclic amines) is 1. The highest BCUT2D eigenvalue weighted by Crippen LogP contribution is 2.28. The largest absolute Gasteiger partial charge is 0.451 e. The van der Waals surface area contributed by atoms with Gasteiger partial charge in [-0.3, -0.25) is 14.7 Å². The van der Waals surface area contributed by atoms with Crippen molar-refractivity contribution in [2.45, 2.75) is 25.7 Å². The van der Waals surface area contributed by atoms with Crippen molar-refractivity contribution in [1.29, 1.82) is 0 Å². The van der Waals surface area contributed by atoms with E-state index in [1.54, 1.807) is 35.4 Å². The lowest BCUT2D eigenvalue weighted by molar-refractivity contribution is 0.0674. The molecule has 2 aromatic heterocycles. The molecule has 0 radical (unpaired) electrons. The van der Waals surface area contributed by atoms with Gasteiger partial charge in [-0.05, 0) is 37.5 Å². The van der Waals surface area contributed by atoms with E-state index in [-0.39, 0.29) is 23.0 Å². The van der Waals surface area contributed by atoms with Crippen LogP contribution in [0.2, 0.25) is 0 Å². The van der Waals surface area contributed by atoms with E-state index >= 15 is 0 Å². The molecule has 1 amide bonds. The third-order valence-corrected chi connectivity index (χ3v) is 4.83. The van der Waals surface area contributed by atoms with E-state index in [4.69, 9.17) is 4.42 Å². The maximum atomic E-state index is 12.9. The number of aromatic amines is 1. The molecule has 0 spiro atoms. The minimum Gasteiger partial charge on any atom is -0.451 e. The third kappa shape index (κ3) is 2.84. The lowest BCUT2D eigenvalue weighted by Crippen LogP contribution is -2.39. The first-order chi connectivity index (χ1) is 12.1. The first-order valence-corrected chi connectivity index (χ1v) is 8.45. The number of nitrogens with one attached hydrogen (secondary N) is 1. The van der Waals surface area contributed by atoms with Crippen LogP contribution >= 0.6 is 0 Å². The second-order valence-electron chi connectivity index (χ2n) is 6.53. The van der Waals surface area contributed by atoms with Gasteiger partial charge >= 0.3 is 0 Å². The molecule has 128 valence electrons. The van der Waals surface area contributed by atoms with Crippen LogP contribution in [-0.2, 0) is 0 Å². The van der Waals surface area contributed by atoms with Crippen molar-refractivity contribution in [3.8, 4) is 0 Å². The number of carbonyl (C=O) groups excluding carboxylic acids is 1. The predicted octanol–water partition coefficient (Wildman–Crippen LogP) is 2.84. The molecule has 1 fully saturated rings. The van der Waals surface area contributed by atoms with E-state index in [0.717, 1.165) is 24.1 Å². The van der Waals surface area contributed by atoms with Gasteiger partial charge in [0.1, 0.15) is 5.58 Å². The zero-order chi connectivity index (χ0) is 17.4. The Kier molecular flexibility index (Phi) is 3.87. The van der Waals surface area contributed by atoms with Crippen LogP contribution in [0.1, 0.15) is 40.6 Å². The van der Waals surface area contributed by atoms with Crippen molar-refractivity contribution in [2.24, 2.45) is 0 Å². The van der Waals surface area contributed by atoms with Crippen LogP contribution in [0.3, 0.4) is 0 Å². The van der Waals surface area contributed by atoms with E-state index in [9.17, 15) is 9.59 Å². The number of H-pyrrole nitrogens is 1. The molecule has 0 saturated carbocycles. The number of amides is 1. The van der Waals surface area contributed by atoms with E-state index in [1.165, 1.54) is 6.07 Å². The summed E-state index contributed by atoms with van der Waals surface area (Å²) in [4.78, 5) is 26.9. The smallest absolute Gasteiger partial charge is 0.289 e. The van der Waals surface area contributed by atoms with Crippen LogP contribution < -0.4 is 5.43 Å². The monoisotopic (exact) mass is 337 g/mol. The van der Waals surface area contributed by atoms with Gasteiger partial charge in [-0.25, -0.2) is 0 Å². The molecule has 0 aliphatic carbocycles. The number of piperidine rings is 1. The number of rotatable bonds is 2. The Balaban J connectivity index is 1.62. The topological polar surface area (TPSA) is 79.2 Å². The van der Waals surface area contributed by atoms with Gasteiger partial charge in [0.2, 0.25) is 0 Å². The summed E-state index contributed by atoms with van der Waals surface area (Å²) in [5.41, 5.74) is 2.44. The van der Waals surface area contributed by atoms with E-state index in [2.05, 4.69) is 10.2 Å². The summed E-state index contributed by atoms with van der Waals surface area (Å²) in [6, 6.07) is 8.28. The SMILES string of the molecule is Cc1cn[nH]c1C1CCCN(C(=O)c2cc(=O)c3ccccc3o2)C1. The number of aryl methyl sites for hydroxylation is 1. The van der Waals surface area contributed by atoms with Gasteiger partial charge in [-0.2, -0.15) is 5.10 Å². The van der Waals surface area contributed by atoms with Crippen molar-refractivity contribution in [1.82, 2.24) is 15.1 Å². The molecule has 25 heavy (non-hydrogen) atoms. The number of fused-ring (bicyclic) bond motifs is 1. The molecular weight excluding hydrogens is 318 g/mol. The first kappa shape index (κ1) is 15.6. The number of benzene rings is 1. The number of aromatic nitrogens is 2. The second kappa shape index (κ2) is 6.20. The average Bonchev–Trinajstić information content (AvgIpc) is 3.07. The van der Waals surface area contributed by atoms with Gasteiger partial charge in [-0.15, -0.1) is 0 Å². The minimum absolute atomic E-state index is 0.102. The molecule has 4 rings (SSSR count). The number of hydrogen-bond donors (Lipinski definition) is 1. The van der Waals surface area contributed by atoms with E-state index in [0.29, 0.717) is 24.1 Å². The van der Waals surface area contributed by atoms with Gasteiger partial charge in [0.05, 0.1) is 11.6 Å². The Hall–Kier alpha value is -2.89. The Labute approximate surface area is 144 Å². The fourth-order valence-corrected chi connectivity index (χ4v) is 3.53. The lowest BCUT2D eigenvalue weighted by atomic mass is 9.93. The molecule has 1 atom stereocenters. The van der Waals surface area contributed by atoms with Gasteiger partial charge < -0.3 is 9.32 Å². The molecule has 6 nitrogen and oxygen atoms in total. The summed E-state index contributed by atoms with van der Waals surface area (Å²) in [7, 11) is 0. The molecule has 6 heteroatoms. The van der Waals surface area contributed by atoms with Gasteiger partial charge in [0.25, 0.3) is 5.91 Å². The van der Waals surface area contributed by atoms with Crippen LogP contribution in [0, 0.1) is 6.92 Å². The fourth-order valence-electron chi connectivity index (χ4n) is 3.53. The van der Waals surface area contributed by atoms with Crippen molar-refractivity contribution in [3.63, 3.8) is 0 Å². The van der Waals surface area contributed by atoms with Gasteiger partial charge in [-0.1, -0.05) is 12.1 Å². The number of para-hydroxylation sites is 1. The maximum Gasteiger partial charge on any atom is 0.289 e. The summed E-state index contributed by atoms with van der Waals surface area (Å²) in [6.45, 7) is 3.28. The van der Waals surface area contributed by atoms with Crippen molar-refractivity contribution >= 4 is 16.9 Å². The number of nitrogens with zero attached hydrogens (tertiary/aromatic N) is 2. The first-order valence-electron chi connectivity index (χ1n) is 8.45. The quantitative estimate of drug-likeness (QED) is 0.780. The summed E-state index contributed by atoms with van der Waals surface area (Å²) in [5.74, 6) is 0.0998. The highest BCUT2D eigenvalue weighted by molar-refractivity contribution is 5.93. The van der Waals surface area contributed by atoms with Gasteiger partial charge in [0, 0.05) is 30.8 Å². The molecule has 3 heterocycles. The highest BCUT2D eigenvalue weighted by Gasteiger charge is 2.28. The summed E-state index contributed by atoms with van der Waals surface area (Å²) < 4.78 is 5.70. The molecule has 1 saturated heterocycles. The molecule has 1 aromatic carbocycles. The molecular formula is C19H19N3O3. The normalized spacial score (nSPS) is 17.8. The highest BCUT2D eigenvalue weighted by atomic mass is 16.3. The Bertz CT molecular complexity index is 989. The second-order valence-corrected chi connectivity index (χ2v) is 6.53. The van der Waals surface area contributed by atoms with Crippen molar-refractivity contribution in [3.05, 3.63) is 63.8 Å². The Morgan fingerprint density at radius 1 is 1.36 bits per heavy atom. The number of hydrogen-bond acceptors (Lipinski definition) is 4. The molecule has 1 aliphatic heterocycles. The van der Waals surface area contributed by atoms with Crippen molar-refractivity contribution in [2.75, 3.05) is 13.1 Å². The summed E-state index contributed by atoms with van der Waals surface area (Å²) in [6.07, 6.45) is 3.72. The fraction of sp³-hybridized carbons (Fsp3) is 0.316. The van der Waals surface area contributed by atoms with Gasteiger partial charge in [0.15, 0.2) is 11.2 Å². The molecule has 1 unspecified atom stereocenters. The average molecular weight is 337 g/mol. The van der Waals surface area contributed by atoms with Crippen LogP contribution in [0.15, 0.2) is 45.7 Å². The van der Waals surface area contributed by atoms with Crippen LogP contribution in [0.5, 0.6) is 0 Å². The predicted molar refractivity (Wildman–Crippen MR) is 93.7 cm³/mol. The van der Waals surface area contributed by atoms with Crippen LogP contribution in [0.4, 0.5) is 0 Å². The summed E-state index contributed by atoms with van der Waals surface area (Å²) >= 11 is 0. The number of carbonyl (C=O) groups is 1. The summed E-state index contributed by atoms with van der Waals surface area (Å²) in [5, 5.41) is 7.62. The maximum absolute atomic E-state index is 12.9. The zero-order valence-corrected chi connectivity index (χ0v) is 14.0. The zero-order valence-electron chi connectivity index (χ0n) is 14.0. The molecule has 3 aromatic rings. The lowest BCUT2D eigenvalue weighted by Gasteiger charge is -2.32. The Morgan fingerprint density at radius 2 is 2.20 bits per heavy atom. The standard InChI is InChI=1S/C19H19N3O3/c1-12-10-20-21-18(12)13-5-4-8-22(11-13)19(24)17-9-15(23)14-6-2-3-7-16(14)25-17/h2-3,6-7,9-10,13H,4-5,8,11H2,1H3,(H,20,21). The van der Waals surface area contributed by atoms with Crippen molar-refractivity contribution < 1.29 is 9.21 Å². The Morgan fingerprint density at radius 3 is 3.00 bits per heavy atom. The minimum atomic E-state index is -0.232. The van der Waals surface area contributed by atoms with Crippen LogP contribution in [-0.4, -0.2) is 34.1 Å². The third-order valence-electron chi connectivity index (χ3n) is 4.83. The van der Waals surface area contributed by atoms with E-state index < -0.39 is 0 Å². The van der Waals surface area contributed by atoms with Crippen LogP contribution in [0.25, 0.3) is 11.0 Å². The van der Waals surface area contributed by atoms with E-state index in [1.807, 2.05) is 6.92 Å². The molecule has 1 aliphatic rings. The molecule has 0 bridgehead atoms. The molecule has 1 N–H and O–H groups in total.